The van der Waals surface area contributed by atoms with Gasteiger partial charge in [-0.25, -0.2) is 0 Å². The quantitative estimate of drug-likeness (QED) is 0.157. The molecule has 0 bridgehead atoms. The molecule has 1 atom stereocenters. The molecule has 0 aromatic carbocycles. The van der Waals surface area contributed by atoms with Gasteiger partial charge in [0, 0.05) is 0 Å². The number of rotatable bonds is 19. The summed E-state index contributed by atoms with van der Waals surface area (Å²) in [6.07, 6.45) is 13.8. The third kappa shape index (κ3) is 13.7. The molecule has 0 aliphatic carbocycles. The molecule has 0 spiro atoms. The number of hydrogen-bond donors (Lipinski definition) is 3. The van der Waals surface area contributed by atoms with Crippen molar-refractivity contribution >= 4 is 22.1 Å². The van der Waals surface area contributed by atoms with Crippen LogP contribution in [0.1, 0.15) is 111 Å². The minimum Gasteiger partial charge on any atom is -1.00 e. The molecule has 0 aliphatic heterocycles. The van der Waals surface area contributed by atoms with E-state index in [2.05, 4.69) is 6.92 Å². The van der Waals surface area contributed by atoms with Gasteiger partial charge < -0.3 is 11.6 Å². The van der Waals surface area contributed by atoms with Crippen molar-refractivity contribution in [3.05, 3.63) is 0 Å². The fourth-order valence-corrected chi connectivity index (χ4v) is 4.38. The van der Waals surface area contributed by atoms with Gasteiger partial charge in [-0.2, -0.15) is 8.42 Å². The number of carboxylic acids is 2. The van der Waals surface area contributed by atoms with Crippen LogP contribution in [0.25, 0.3) is 0 Å². The van der Waals surface area contributed by atoms with Gasteiger partial charge in [0.25, 0.3) is 10.1 Å². The molecule has 7 nitrogen and oxygen atoms in total. The van der Waals surface area contributed by atoms with Gasteiger partial charge in [-0.05, 0) is 6.42 Å². The van der Waals surface area contributed by atoms with Gasteiger partial charge in [-0.1, -0.05) is 96.8 Å². The summed E-state index contributed by atoms with van der Waals surface area (Å²) in [7, 11) is -5.02. The first-order chi connectivity index (χ1) is 13.2. The molecule has 168 valence electrons. The summed E-state index contributed by atoms with van der Waals surface area (Å²) in [4.78, 5) is 22.2. The Hall–Kier alpha value is -0.150. The maximum atomic E-state index is 11.5. The van der Waals surface area contributed by atoms with E-state index in [0.29, 0.717) is 6.42 Å². The van der Waals surface area contributed by atoms with E-state index in [1.54, 1.807) is 0 Å². The molecule has 0 amide bonds. The minimum atomic E-state index is -5.02. The van der Waals surface area contributed by atoms with Crippen LogP contribution in [0.3, 0.4) is 0 Å². The number of carbonyl (C=O) groups is 2. The molecule has 0 rings (SSSR count). The maximum absolute atomic E-state index is 11.5. The third-order valence-electron chi connectivity index (χ3n) is 5.25. The Morgan fingerprint density at radius 1 is 0.759 bits per heavy atom. The first-order valence-corrected chi connectivity index (χ1v) is 12.0. The van der Waals surface area contributed by atoms with E-state index in [0.717, 1.165) is 25.7 Å². The molecule has 0 aromatic heterocycles. The van der Waals surface area contributed by atoms with Crippen molar-refractivity contribution in [1.29, 1.82) is 0 Å². The molecular weight excluding hydrogens is 407 g/mol. The standard InChI is InChI=1S/C20H38O7S.Na.H/c1-2-3-4-5-6-7-8-9-10-11-12-13-14-15-16-20(19(23)24,17-18(21)22)28(25,26)27;;/h2-17H2,1H3,(H,21,22)(H,23,24)(H,25,26,27);;/q;+1;-1. The van der Waals surface area contributed by atoms with E-state index in [1.165, 1.54) is 51.4 Å². The summed E-state index contributed by atoms with van der Waals surface area (Å²) in [5, 5.41) is 18.0. The third-order valence-corrected chi connectivity index (χ3v) is 6.77. The fraction of sp³-hybridized carbons (Fsp3) is 0.900. The van der Waals surface area contributed by atoms with Gasteiger partial charge in [0.15, 0.2) is 0 Å². The Bertz CT molecular complexity index is 557. The normalized spacial score (nSPS) is 13.4. The molecule has 0 aliphatic rings. The van der Waals surface area contributed by atoms with Crippen LogP contribution in [0, 0.1) is 0 Å². The summed E-state index contributed by atoms with van der Waals surface area (Å²) >= 11 is 0. The second-order valence-electron chi connectivity index (χ2n) is 7.69. The van der Waals surface area contributed by atoms with Crippen molar-refractivity contribution in [1.82, 2.24) is 0 Å². The van der Waals surface area contributed by atoms with E-state index in [4.69, 9.17) is 5.11 Å². The van der Waals surface area contributed by atoms with Crippen molar-refractivity contribution in [3.63, 3.8) is 0 Å². The largest absolute Gasteiger partial charge is 1.00 e. The number of hydrogen-bond acceptors (Lipinski definition) is 4. The van der Waals surface area contributed by atoms with Crippen LogP contribution >= 0.6 is 0 Å². The first kappa shape index (κ1) is 31.0. The summed E-state index contributed by atoms with van der Waals surface area (Å²) in [5.74, 6) is -3.38. The number of unbranched alkanes of at least 4 members (excludes halogenated alkanes) is 13. The molecule has 0 heterocycles. The topological polar surface area (TPSA) is 129 Å². The fourth-order valence-electron chi connectivity index (χ4n) is 3.45. The van der Waals surface area contributed by atoms with Crippen LogP contribution in [0.2, 0.25) is 0 Å². The molecule has 29 heavy (non-hydrogen) atoms. The Kier molecular flexibility index (Phi) is 18.8. The van der Waals surface area contributed by atoms with Crippen LogP contribution in [-0.4, -0.2) is 39.9 Å². The minimum absolute atomic E-state index is 0. The molecule has 0 aromatic rings. The Labute approximate surface area is 199 Å². The van der Waals surface area contributed by atoms with E-state index in [1.807, 2.05) is 0 Å². The zero-order chi connectivity index (χ0) is 21.5. The summed E-state index contributed by atoms with van der Waals surface area (Å²) in [6, 6.07) is 0. The molecule has 0 radical (unpaired) electrons. The van der Waals surface area contributed by atoms with E-state index in [9.17, 15) is 27.7 Å². The molecule has 0 fully saturated rings. The zero-order valence-corrected chi connectivity index (χ0v) is 21.0. The van der Waals surface area contributed by atoms with Gasteiger partial charge >= 0.3 is 41.5 Å². The Balaban J connectivity index is -0.00000364. The smallest absolute Gasteiger partial charge is 1.00 e. The van der Waals surface area contributed by atoms with Crippen LogP contribution in [0.5, 0.6) is 0 Å². The van der Waals surface area contributed by atoms with Crippen LogP contribution in [0.15, 0.2) is 0 Å². The van der Waals surface area contributed by atoms with Crippen molar-refractivity contribution in [2.24, 2.45) is 0 Å². The summed E-state index contributed by atoms with van der Waals surface area (Å²) in [6.45, 7) is 2.22. The van der Waals surface area contributed by atoms with E-state index in [-0.39, 0.29) is 37.4 Å². The summed E-state index contributed by atoms with van der Waals surface area (Å²) in [5.41, 5.74) is 0. The predicted molar refractivity (Wildman–Crippen MR) is 110 cm³/mol. The van der Waals surface area contributed by atoms with Crippen LogP contribution in [0.4, 0.5) is 0 Å². The Morgan fingerprint density at radius 3 is 1.38 bits per heavy atom. The van der Waals surface area contributed by atoms with Crippen LogP contribution < -0.4 is 29.6 Å². The monoisotopic (exact) mass is 446 g/mol. The van der Waals surface area contributed by atoms with Crippen molar-refractivity contribution in [2.45, 2.75) is 114 Å². The van der Waals surface area contributed by atoms with E-state index < -0.39 is 39.6 Å². The van der Waals surface area contributed by atoms with Gasteiger partial charge in [0.2, 0.25) is 4.75 Å². The molecular formula is C20H39NaO7S. The van der Waals surface area contributed by atoms with Crippen molar-refractivity contribution in [3.8, 4) is 0 Å². The van der Waals surface area contributed by atoms with Gasteiger partial charge in [0.1, 0.15) is 0 Å². The molecule has 0 saturated carbocycles. The zero-order valence-electron chi connectivity index (χ0n) is 19.2. The Morgan fingerprint density at radius 2 is 1.10 bits per heavy atom. The molecule has 0 saturated heterocycles. The van der Waals surface area contributed by atoms with Gasteiger partial charge in [-0.15, -0.1) is 0 Å². The molecule has 9 heteroatoms. The second-order valence-corrected chi connectivity index (χ2v) is 9.42. The number of aliphatic carboxylic acids is 2. The summed E-state index contributed by atoms with van der Waals surface area (Å²) < 4.78 is 29.6. The SMILES string of the molecule is CCCCCCCCCCCCCCCCC(CC(=O)O)(C(=O)O)S(=O)(=O)O.[H-].[Na+]. The van der Waals surface area contributed by atoms with Crippen molar-refractivity contribution < 1.29 is 63.8 Å². The van der Waals surface area contributed by atoms with E-state index >= 15 is 0 Å². The average Bonchev–Trinajstić information content (AvgIpc) is 2.59. The van der Waals surface area contributed by atoms with Crippen LogP contribution in [-0.2, 0) is 19.7 Å². The van der Waals surface area contributed by atoms with Gasteiger partial charge in [0.05, 0.1) is 6.42 Å². The second kappa shape index (κ2) is 17.5. The van der Waals surface area contributed by atoms with Gasteiger partial charge in [-0.3, -0.25) is 14.1 Å². The first-order valence-electron chi connectivity index (χ1n) is 10.6. The molecule has 3 N–H and O–H groups in total. The average molecular weight is 447 g/mol. The number of carboxylic acid groups (broad SMARTS) is 2. The maximum Gasteiger partial charge on any atom is 1.00 e. The predicted octanol–water partition coefficient (Wildman–Crippen LogP) is 2.16. The molecule has 1 unspecified atom stereocenters. The van der Waals surface area contributed by atoms with Crippen molar-refractivity contribution in [2.75, 3.05) is 0 Å².